The minimum atomic E-state index is -3.53. The van der Waals surface area contributed by atoms with Crippen LogP contribution in [0.5, 0.6) is 0 Å². The minimum Gasteiger partial charge on any atom is -0.354 e. The number of carbonyl (C=O) groups excluding carboxylic acids is 2. The van der Waals surface area contributed by atoms with Crippen molar-refractivity contribution in [1.82, 2.24) is 10.2 Å². The van der Waals surface area contributed by atoms with Gasteiger partial charge in [-0.2, -0.15) is 0 Å². The van der Waals surface area contributed by atoms with Crippen molar-refractivity contribution in [2.75, 3.05) is 23.7 Å². The number of amides is 2. The van der Waals surface area contributed by atoms with E-state index in [4.69, 9.17) is 0 Å². The molecule has 0 heterocycles. The van der Waals surface area contributed by atoms with E-state index < -0.39 is 16.1 Å². The molecule has 7 nitrogen and oxygen atoms in total. The van der Waals surface area contributed by atoms with Gasteiger partial charge in [0.15, 0.2) is 0 Å². The number of aryl methyl sites for hydroxylation is 1. The van der Waals surface area contributed by atoms with Gasteiger partial charge in [0.2, 0.25) is 21.8 Å². The monoisotopic (exact) mass is 491 g/mol. The van der Waals surface area contributed by atoms with Crippen LogP contribution in [-0.2, 0) is 26.2 Å². The predicted octanol–water partition coefficient (Wildman–Crippen LogP) is 3.62. The molecule has 0 spiro atoms. The third-order valence-corrected chi connectivity index (χ3v) is 6.65. The Kier molecular flexibility index (Phi) is 10.0. The zero-order valence-corrected chi connectivity index (χ0v) is 21.1. The lowest BCUT2D eigenvalue weighted by Gasteiger charge is -2.29. The Morgan fingerprint density at radius 3 is 2.24 bits per heavy atom. The highest BCUT2D eigenvalue weighted by atomic mass is 32.2. The maximum absolute atomic E-state index is 13.3. The van der Waals surface area contributed by atoms with Gasteiger partial charge in [0.25, 0.3) is 0 Å². The molecule has 2 aromatic carbocycles. The quantitative estimate of drug-likeness (QED) is 0.491. The summed E-state index contributed by atoms with van der Waals surface area (Å²) < 4.78 is 39.3. The fourth-order valence-electron chi connectivity index (χ4n) is 3.48. The number of nitrogens with zero attached hydrogens (tertiary/aromatic N) is 2. The summed E-state index contributed by atoms with van der Waals surface area (Å²) in [6.07, 6.45) is 2.24. The maximum Gasteiger partial charge on any atom is 0.242 e. The van der Waals surface area contributed by atoms with Gasteiger partial charge in [-0.05, 0) is 56.5 Å². The fourth-order valence-corrected chi connectivity index (χ4v) is 4.45. The Morgan fingerprint density at radius 1 is 1.06 bits per heavy atom. The van der Waals surface area contributed by atoms with Crippen LogP contribution in [0.2, 0.25) is 0 Å². The zero-order valence-electron chi connectivity index (χ0n) is 20.3. The van der Waals surface area contributed by atoms with E-state index in [1.807, 2.05) is 26.0 Å². The average molecular weight is 492 g/mol. The first-order valence-electron chi connectivity index (χ1n) is 11.4. The van der Waals surface area contributed by atoms with Crippen molar-refractivity contribution in [3.05, 3.63) is 65.5 Å². The first-order chi connectivity index (χ1) is 16.0. The van der Waals surface area contributed by atoms with E-state index in [1.165, 1.54) is 21.3 Å². The van der Waals surface area contributed by atoms with E-state index in [-0.39, 0.29) is 43.6 Å². The van der Waals surface area contributed by atoms with Crippen molar-refractivity contribution < 1.29 is 22.4 Å². The van der Waals surface area contributed by atoms with Gasteiger partial charge < -0.3 is 10.2 Å². The second-order valence-electron chi connectivity index (χ2n) is 8.39. The van der Waals surface area contributed by atoms with Crippen molar-refractivity contribution in [2.24, 2.45) is 0 Å². The number of hydrogen-bond acceptors (Lipinski definition) is 4. The van der Waals surface area contributed by atoms with Gasteiger partial charge in [-0.1, -0.05) is 36.8 Å². The predicted molar refractivity (Wildman–Crippen MR) is 132 cm³/mol. The minimum absolute atomic E-state index is 0.0600. The molecule has 1 atom stereocenters. The molecule has 2 aromatic rings. The summed E-state index contributed by atoms with van der Waals surface area (Å²) in [5, 5.41) is 2.80. The molecular formula is C25H34FN3O4S. The average Bonchev–Trinajstić information content (AvgIpc) is 2.79. The van der Waals surface area contributed by atoms with E-state index in [0.717, 1.165) is 18.2 Å². The molecule has 2 rings (SSSR count). The van der Waals surface area contributed by atoms with Crippen LogP contribution in [0.15, 0.2) is 48.5 Å². The van der Waals surface area contributed by atoms with E-state index >= 15 is 0 Å². The standard InChI is InChI=1S/C25H34FN3O4S/c1-5-16-27-25(31)20(3)28(18-21-10-12-22(26)13-11-21)24(30)7-6-17-29(34(4,32)33)23-14-8-19(2)9-15-23/h8-15,20H,5-7,16-18H2,1-4H3,(H,27,31)/t20-/m0/s1. The highest BCUT2D eigenvalue weighted by molar-refractivity contribution is 7.92. The van der Waals surface area contributed by atoms with Crippen LogP contribution >= 0.6 is 0 Å². The summed E-state index contributed by atoms with van der Waals surface area (Å²) in [5.41, 5.74) is 2.25. The van der Waals surface area contributed by atoms with Crippen molar-refractivity contribution in [3.63, 3.8) is 0 Å². The number of sulfonamides is 1. The van der Waals surface area contributed by atoms with Gasteiger partial charge in [-0.15, -0.1) is 0 Å². The lowest BCUT2D eigenvalue weighted by Crippen LogP contribution is -2.47. The third-order valence-electron chi connectivity index (χ3n) is 5.46. The number of anilines is 1. The van der Waals surface area contributed by atoms with Crippen molar-refractivity contribution in [3.8, 4) is 0 Å². The van der Waals surface area contributed by atoms with Crippen molar-refractivity contribution in [1.29, 1.82) is 0 Å². The van der Waals surface area contributed by atoms with Gasteiger partial charge >= 0.3 is 0 Å². The summed E-state index contributed by atoms with van der Waals surface area (Å²) in [6, 6.07) is 12.2. The molecule has 186 valence electrons. The van der Waals surface area contributed by atoms with Gasteiger partial charge in [0.05, 0.1) is 11.9 Å². The topological polar surface area (TPSA) is 86.8 Å². The molecule has 0 saturated heterocycles. The van der Waals surface area contributed by atoms with Crippen LogP contribution in [0.1, 0.15) is 44.2 Å². The Hall–Kier alpha value is -2.94. The van der Waals surface area contributed by atoms with E-state index in [1.54, 1.807) is 31.2 Å². The lowest BCUT2D eigenvalue weighted by atomic mass is 10.1. The number of halogens is 1. The van der Waals surface area contributed by atoms with Crippen LogP contribution in [0, 0.1) is 12.7 Å². The number of benzene rings is 2. The SMILES string of the molecule is CCCNC(=O)[C@H](C)N(Cc1ccc(F)cc1)C(=O)CCCN(c1ccc(C)cc1)S(C)(=O)=O. The van der Waals surface area contributed by atoms with Crippen molar-refractivity contribution >= 4 is 27.5 Å². The number of hydrogen-bond donors (Lipinski definition) is 1. The summed E-state index contributed by atoms with van der Waals surface area (Å²) >= 11 is 0. The molecule has 0 aliphatic rings. The Bertz CT molecular complexity index is 1060. The molecule has 0 radical (unpaired) electrons. The zero-order chi connectivity index (χ0) is 25.3. The molecule has 0 aromatic heterocycles. The molecule has 0 fully saturated rings. The molecule has 2 amide bonds. The molecule has 34 heavy (non-hydrogen) atoms. The van der Waals surface area contributed by atoms with Crippen LogP contribution in [0.4, 0.5) is 10.1 Å². The van der Waals surface area contributed by atoms with Gasteiger partial charge in [0, 0.05) is 26.1 Å². The van der Waals surface area contributed by atoms with E-state index in [0.29, 0.717) is 17.8 Å². The number of rotatable bonds is 12. The van der Waals surface area contributed by atoms with Gasteiger partial charge in [-0.3, -0.25) is 13.9 Å². The largest absolute Gasteiger partial charge is 0.354 e. The number of carbonyl (C=O) groups is 2. The maximum atomic E-state index is 13.3. The Labute approximate surface area is 202 Å². The summed E-state index contributed by atoms with van der Waals surface area (Å²) in [7, 11) is -3.53. The third kappa shape index (κ3) is 8.13. The summed E-state index contributed by atoms with van der Waals surface area (Å²) in [4.78, 5) is 27.2. The normalized spacial score (nSPS) is 12.1. The van der Waals surface area contributed by atoms with E-state index in [2.05, 4.69) is 5.32 Å². The van der Waals surface area contributed by atoms with Crippen LogP contribution in [-0.4, -0.2) is 50.5 Å². The summed E-state index contributed by atoms with van der Waals surface area (Å²) in [6.45, 7) is 6.29. The smallest absolute Gasteiger partial charge is 0.242 e. The second-order valence-corrected chi connectivity index (χ2v) is 10.3. The first-order valence-corrected chi connectivity index (χ1v) is 13.2. The molecule has 0 aliphatic heterocycles. The summed E-state index contributed by atoms with van der Waals surface area (Å²) in [5.74, 6) is -0.928. The Balaban J connectivity index is 2.13. The van der Waals surface area contributed by atoms with Crippen molar-refractivity contribution in [2.45, 2.75) is 52.6 Å². The first kappa shape index (κ1) is 27.3. The molecule has 0 aliphatic carbocycles. The van der Waals surface area contributed by atoms with Crippen LogP contribution in [0.25, 0.3) is 0 Å². The molecular weight excluding hydrogens is 457 g/mol. The molecule has 1 N–H and O–H groups in total. The highest BCUT2D eigenvalue weighted by Crippen LogP contribution is 2.20. The molecule has 9 heteroatoms. The van der Waals surface area contributed by atoms with Crippen LogP contribution in [0.3, 0.4) is 0 Å². The molecule has 0 bridgehead atoms. The molecule has 0 unspecified atom stereocenters. The van der Waals surface area contributed by atoms with Crippen LogP contribution < -0.4 is 9.62 Å². The van der Waals surface area contributed by atoms with Gasteiger partial charge in [-0.25, -0.2) is 12.8 Å². The lowest BCUT2D eigenvalue weighted by molar-refractivity contribution is -0.140. The van der Waals surface area contributed by atoms with E-state index in [9.17, 15) is 22.4 Å². The fraction of sp³-hybridized carbons (Fsp3) is 0.440. The highest BCUT2D eigenvalue weighted by Gasteiger charge is 2.26. The van der Waals surface area contributed by atoms with Gasteiger partial charge in [0.1, 0.15) is 11.9 Å². The number of nitrogens with one attached hydrogen (secondary N) is 1. The Morgan fingerprint density at radius 2 is 1.68 bits per heavy atom. The second kappa shape index (κ2) is 12.5. The molecule has 0 saturated carbocycles.